The molecule has 0 radical (unpaired) electrons. The van der Waals surface area contributed by atoms with Crippen LogP contribution in [0.1, 0.15) is 66.1 Å². The molecule has 37 heavy (non-hydrogen) atoms. The van der Waals surface area contributed by atoms with Crippen molar-refractivity contribution in [2.75, 3.05) is 18.4 Å². The van der Waals surface area contributed by atoms with Gasteiger partial charge in [0.05, 0.1) is 0 Å². The number of imide groups is 1. The van der Waals surface area contributed by atoms with Crippen LogP contribution in [0, 0.1) is 6.92 Å². The highest BCUT2D eigenvalue weighted by Crippen LogP contribution is 2.41. The molecule has 5 rings (SSSR count). The Morgan fingerprint density at radius 2 is 1.30 bits per heavy atom. The average molecular weight is 495 g/mol. The number of carbonyl (C=O) groups excluding carboxylic acids is 2. The van der Waals surface area contributed by atoms with Crippen molar-refractivity contribution >= 4 is 28.3 Å². The fraction of sp³-hybridized carbons (Fsp3) is 0.310. The van der Waals surface area contributed by atoms with Gasteiger partial charge in [0.15, 0.2) is 5.82 Å². The van der Waals surface area contributed by atoms with Crippen LogP contribution < -0.4 is 5.32 Å². The van der Waals surface area contributed by atoms with Crippen molar-refractivity contribution in [3.8, 4) is 22.5 Å². The third kappa shape index (κ3) is 4.55. The number of unbranched alkanes of at least 4 members (excludes halogenated alkanes) is 2. The van der Waals surface area contributed by atoms with E-state index in [2.05, 4.69) is 39.6 Å². The Balaban J connectivity index is 1.64. The van der Waals surface area contributed by atoms with Crippen molar-refractivity contribution in [1.29, 1.82) is 0 Å². The van der Waals surface area contributed by atoms with Crippen molar-refractivity contribution < 1.29 is 9.59 Å². The summed E-state index contributed by atoms with van der Waals surface area (Å²) in [5.74, 6) is 0.532. The first-order chi connectivity index (χ1) is 18.0. The Labute approximate surface area is 216 Å². The lowest BCUT2D eigenvalue weighted by atomic mass is 9.87. The highest BCUT2D eigenvalue weighted by Gasteiger charge is 2.33. The van der Waals surface area contributed by atoms with Gasteiger partial charge in [0.1, 0.15) is 0 Å². The number of hydrogen-bond acceptors (Lipinski definition) is 7. The maximum atomic E-state index is 13.4. The standard InChI is InChI=1S/C29H30N6O2/c1-4-6-16-30-24-15-14-23-25-22(28(36)35(29(23)37)17-7-5-2)13-12-21(26(24)25)19-8-10-20(11-9-19)27-33-31-18(3)32-34-27/h8-15,30H,4-7,16-17H2,1-3H3. The summed E-state index contributed by atoms with van der Waals surface area (Å²) in [6.45, 7) is 7.19. The zero-order valence-corrected chi connectivity index (χ0v) is 21.4. The van der Waals surface area contributed by atoms with Crippen LogP contribution in [-0.4, -0.2) is 50.2 Å². The third-order valence-corrected chi connectivity index (χ3v) is 6.73. The van der Waals surface area contributed by atoms with Gasteiger partial charge in [0.2, 0.25) is 5.82 Å². The van der Waals surface area contributed by atoms with Gasteiger partial charge in [-0.25, -0.2) is 0 Å². The van der Waals surface area contributed by atoms with Gasteiger partial charge >= 0.3 is 0 Å². The van der Waals surface area contributed by atoms with E-state index in [0.29, 0.717) is 29.3 Å². The number of anilines is 1. The van der Waals surface area contributed by atoms with Crippen LogP contribution in [-0.2, 0) is 0 Å². The summed E-state index contributed by atoms with van der Waals surface area (Å²) in [7, 11) is 0. The normalized spacial score (nSPS) is 12.9. The number of aromatic nitrogens is 4. The molecule has 1 N–H and O–H groups in total. The van der Waals surface area contributed by atoms with Gasteiger partial charge in [-0.15, -0.1) is 20.4 Å². The van der Waals surface area contributed by atoms with E-state index in [1.807, 2.05) is 48.5 Å². The molecular formula is C29H30N6O2. The van der Waals surface area contributed by atoms with Crippen LogP contribution in [0.4, 0.5) is 5.69 Å². The second kappa shape index (κ2) is 10.4. The van der Waals surface area contributed by atoms with Crippen LogP contribution in [0.2, 0.25) is 0 Å². The van der Waals surface area contributed by atoms with E-state index >= 15 is 0 Å². The zero-order chi connectivity index (χ0) is 25.9. The summed E-state index contributed by atoms with van der Waals surface area (Å²) in [6, 6.07) is 15.5. The van der Waals surface area contributed by atoms with E-state index in [-0.39, 0.29) is 11.8 Å². The molecule has 2 heterocycles. The quantitative estimate of drug-likeness (QED) is 0.236. The van der Waals surface area contributed by atoms with Crippen molar-refractivity contribution in [3.05, 3.63) is 65.5 Å². The van der Waals surface area contributed by atoms with Crippen molar-refractivity contribution in [1.82, 2.24) is 25.3 Å². The Hall–Kier alpha value is -4.20. The van der Waals surface area contributed by atoms with Gasteiger partial charge < -0.3 is 5.32 Å². The highest BCUT2D eigenvalue weighted by atomic mass is 16.2. The van der Waals surface area contributed by atoms with Gasteiger partial charge in [0, 0.05) is 46.2 Å². The molecule has 8 heteroatoms. The molecule has 0 saturated carbocycles. The number of aryl methyl sites for hydroxylation is 1. The average Bonchev–Trinajstić information content (AvgIpc) is 2.92. The number of nitrogens with one attached hydrogen (secondary N) is 1. The first kappa shape index (κ1) is 24.5. The van der Waals surface area contributed by atoms with Gasteiger partial charge in [-0.2, -0.15) is 0 Å². The fourth-order valence-electron chi connectivity index (χ4n) is 4.74. The molecule has 0 atom stereocenters. The lowest BCUT2D eigenvalue weighted by Crippen LogP contribution is -2.40. The molecule has 4 aromatic rings. The van der Waals surface area contributed by atoms with E-state index in [1.54, 1.807) is 6.92 Å². The van der Waals surface area contributed by atoms with Gasteiger partial charge in [-0.3, -0.25) is 14.5 Å². The maximum absolute atomic E-state index is 13.4. The van der Waals surface area contributed by atoms with E-state index in [0.717, 1.165) is 65.4 Å². The van der Waals surface area contributed by atoms with Crippen molar-refractivity contribution in [3.63, 3.8) is 0 Å². The molecule has 2 amide bonds. The summed E-state index contributed by atoms with van der Waals surface area (Å²) < 4.78 is 0. The minimum absolute atomic E-state index is 0.222. The molecule has 3 aromatic carbocycles. The molecule has 8 nitrogen and oxygen atoms in total. The van der Waals surface area contributed by atoms with Gasteiger partial charge in [-0.05, 0) is 49.1 Å². The molecule has 0 unspecified atom stereocenters. The summed E-state index contributed by atoms with van der Waals surface area (Å²) in [6.07, 6.45) is 3.78. The summed E-state index contributed by atoms with van der Waals surface area (Å²) >= 11 is 0. The van der Waals surface area contributed by atoms with Crippen molar-refractivity contribution in [2.45, 2.75) is 46.5 Å². The first-order valence-corrected chi connectivity index (χ1v) is 12.9. The predicted octanol–water partition coefficient (Wildman–Crippen LogP) is 5.67. The lowest BCUT2D eigenvalue weighted by molar-refractivity contribution is 0.0608. The molecule has 0 bridgehead atoms. The van der Waals surface area contributed by atoms with Crippen LogP contribution >= 0.6 is 0 Å². The van der Waals surface area contributed by atoms with Gasteiger partial charge in [0.25, 0.3) is 11.8 Å². The Kier molecular flexibility index (Phi) is 6.90. The summed E-state index contributed by atoms with van der Waals surface area (Å²) in [4.78, 5) is 28.2. The molecule has 0 aliphatic carbocycles. The second-order valence-electron chi connectivity index (χ2n) is 9.32. The van der Waals surface area contributed by atoms with Crippen LogP contribution in [0.5, 0.6) is 0 Å². The van der Waals surface area contributed by atoms with E-state index in [1.165, 1.54) is 4.90 Å². The van der Waals surface area contributed by atoms with Gasteiger partial charge in [-0.1, -0.05) is 57.0 Å². The molecule has 188 valence electrons. The Bertz CT molecular complexity index is 1440. The minimum atomic E-state index is -0.222. The molecule has 1 aliphatic rings. The molecule has 1 aromatic heterocycles. The Morgan fingerprint density at radius 1 is 0.703 bits per heavy atom. The van der Waals surface area contributed by atoms with E-state index in [9.17, 15) is 9.59 Å². The molecule has 0 fully saturated rings. The monoisotopic (exact) mass is 494 g/mol. The third-order valence-electron chi connectivity index (χ3n) is 6.73. The lowest BCUT2D eigenvalue weighted by Gasteiger charge is -2.29. The molecule has 0 spiro atoms. The summed E-state index contributed by atoms with van der Waals surface area (Å²) in [5, 5.41) is 21.4. The maximum Gasteiger partial charge on any atom is 0.261 e. The molecular weight excluding hydrogens is 464 g/mol. The fourth-order valence-corrected chi connectivity index (χ4v) is 4.74. The van der Waals surface area contributed by atoms with E-state index in [4.69, 9.17) is 0 Å². The van der Waals surface area contributed by atoms with Crippen LogP contribution in [0.25, 0.3) is 33.3 Å². The second-order valence-corrected chi connectivity index (χ2v) is 9.32. The molecule has 1 aliphatic heterocycles. The largest absolute Gasteiger partial charge is 0.385 e. The number of benzene rings is 3. The van der Waals surface area contributed by atoms with Crippen LogP contribution in [0.3, 0.4) is 0 Å². The number of carbonyl (C=O) groups is 2. The summed E-state index contributed by atoms with van der Waals surface area (Å²) in [5.41, 5.74) is 4.80. The number of rotatable bonds is 9. The number of nitrogens with zero attached hydrogens (tertiary/aromatic N) is 5. The smallest absolute Gasteiger partial charge is 0.261 e. The minimum Gasteiger partial charge on any atom is -0.385 e. The first-order valence-electron chi connectivity index (χ1n) is 12.9. The van der Waals surface area contributed by atoms with E-state index < -0.39 is 0 Å². The Morgan fingerprint density at radius 3 is 1.95 bits per heavy atom. The predicted molar refractivity (Wildman–Crippen MR) is 144 cm³/mol. The number of amides is 2. The highest BCUT2D eigenvalue weighted by molar-refractivity contribution is 6.28. The van der Waals surface area contributed by atoms with Crippen LogP contribution in [0.15, 0.2) is 48.5 Å². The topological polar surface area (TPSA) is 101 Å². The van der Waals surface area contributed by atoms with Crippen molar-refractivity contribution in [2.24, 2.45) is 0 Å². The molecule has 0 saturated heterocycles. The number of hydrogen-bond donors (Lipinski definition) is 1. The zero-order valence-electron chi connectivity index (χ0n) is 21.4. The SMILES string of the molecule is CCCCNc1ccc2c3c(ccc(-c4ccc(-c5nnc(C)nn5)cc4)c13)C(=O)N(CCCC)C2=O.